The van der Waals surface area contributed by atoms with Crippen LogP contribution < -0.4 is 4.90 Å². The third-order valence-electron chi connectivity index (χ3n) is 4.50. The quantitative estimate of drug-likeness (QED) is 0.844. The molecule has 1 aliphatic rings. The fourth-order valence-corrected chi connectivity index (χ4v) is 3.20. The van der Waals surface area contributed by atoms with Crippen molar-refractivity contribution >= 4 is 22.8 Å². The summed E-state index contributed by atoms with van der Waals surface area (Å²) in [5.74, 6) is 0.0139. The molecule has 1 aliphatic heterocycles. The minimum atomic E-state index is -0.412. The Bertz CT molecular complexity index is 745. The van der Waals surface area contributed by atoms with Crippen molar-refractivity contribution in [1.82, 2.24) is 4.90 Å². The number of ether oxygens (including phenoxy) is 1. The number of furan rings is 1. The van der Waals surface area contributed by atoms with Gasteiger partial charge >= 0.3 is 5.97 Å². The lowest BCUT2D eigenvalue weighted by Gasteiger charge is -2.31. The number of hydrogen-bond acceptors (Lipinski definition) is 4. The van der Waals surface area contributed by atoms with E-state index < -0.39 is 5.97 Å². The molecule has 2 heterocycles. The van der Waals surface area contributed by atoms with Crippen molar-refractivity contribution in [3.63, 3.8) is 0 Å². The Kier molecular flexibility index (Phi) is 4.85. The first-order chi connectivity index (χ1) is 11.6. The number of piperazine rings is 1. The van der Waals surface area contributed by atoms with Gasteiger partial charge in [0.15, 0.2) is 0 Å². The zero-order valence-electron chi connectivity index (χ0n) is 14.1. The highest BCUT2D eigenvalue weighted by molar-refractivity contribution is 5.96. The summed E-state index contributed by atoms with van der Waals surface area (Å²) in [6.45, 7) is 7.61. The number of rotatable bonds is 4. The number of benzene rings is 1. The van der Waals surface area contributed by atoms with Gasteiger partial charge in [0.25, 0.3) is 0 Å². The lowest BCUT2D eigenvalue weighted by molar-refractivity contribution is -0.917. The fourth-order valence-electron chi connectivity index (χ4n) is 3.20. The van der Waals surface area contributed by atoms with Crippen LogP contribution in [0, 0.1) is 0 Å². The minimum absolute atomic E-state index is 0.120. The topological polar surface area (TPSA) is 64.2 Å². The number of esters is 1. The Hall–Kier alpha value is -2.34. The molecule has 128 valence electrons. The zero-order valence-corrected chi connectivity index (χ0v) is 14.1. The standard InChI is InChI=1S/C18H22N2O4/c1-3-23-18(22)17-15(14-6-4-5-7-16(14)24-17)12-19-8-10-20(11-9-19)13(2)21/h4-7H,3,8-12H2,1-2H3/p+1. The largest absolute Gasteiger partial charge is 0.460 e. The number of carbonyl (C=O) groups is 2. The monoisotopic (exact) mass is 331 g/mol. The van der Waals surface area contributed by atoms with E-state index in [0.717, 1.165) is 37.1 Å². The Labute approximate surface area is 141 Å². The van der Waals surface area contributed by atoms with E-state index in [1.807, 2.05) is 29.2 Å². The van der Waals surface area contributed by atoms with Crippen LogP contribution >= 0.6 is 0 Å². The van der Waals surface area contributed by atoms with Crippen LogP contribution in [0.25, 0.3) is 11.0 Å². The predicted octanol–water partition coefficient (Wildman–Crippen LogP) is 0.857. The number of hydrogen-bond donors (Lipinski definition) is 1. The third-order valence-corrected chi connectivity index (χ3v) is 4.50. The number of quaternary nitrogens is 1. The highest BCUT2D eigenvalue weighted by atomic mass is 16.5. The first-order valence-corrected chi connectivity index (χ1v) is 8.36. The number of para-hydroxylation sites is 1. The molecule has 3 rings (SSSR count). The molecule has 0 aliphatic carbocycles. The molecule has 1 N–H and O–H groups in total. The van der Waals surface area contributed by atoms with Gasteiger partial charge in [-0.2, -0.15) is 0 Å². The second kappa shape index (κ2) is 7.05. The Morgan fingerprint density at radius 1 is 1.25 bits per heavy atom. The van der Waals surface area contributed by atoms with Gasteiger partial charge in [0, 0.05) is 12.3 Å². The van der Waals surface area contributed by atoms with Gasteiger partial charge in [-0.05, 0) is 13.0 Å². The summed E-state index contributed by atoms with van der Waals surface area (Å²) in [7, 11) is 0. The van der Waals surface area contributed by atoms with Crippen LogP contribution in [-0.4, -0.2) is 49.6 Å². The molecule has 0 radical (unpaired) electrons. The summed E-state index contributed by atoms with van der Waals surface area (Å²) < 4.78 is 10.9. The van der Waals surface area contributed by atoms with E-state index in [-0.39, 0.29) is 5.91 Å². The molecule has 1 fully saturated rings. The molecule has 6 heteroatoms. The molecule has 2 aromatic rings. The van der Waals surface area contributed by atoms with E-state index in [1.165, 1.54) is 4.90 Å². The van der Waals surface area contributed by atoms with Gasteiger partial charge in [0.2, 0.25) is 11.7 Å². The van der Waals surface area contributed by atoms with E-state index in [9.17, 15) is 9.59 Å². The maximum atomic E-state index is 12.2. The van der Waals surface area contributed by atoms with Gasteiger partial charge in [-0.1, -0.05) is 18.2 Å². The molecule has 1 aromatic carbocycles. The van der Waals surface area contributed by atoms with Crippen molar-refractivity contribution in [3.05, 3.63) is 35.6 Å². The van der Waals surface area contributed by atoms with E-state index in [4.69, 9.17) is 9.15 Å². The lowest BCUT2D eigenvalue weighted by atomic mass is 10.1. The van der Waals surface area contributed by atoms with Crippen LogP contribution in [0.2, 0.25) is 0 Å². The van der Waals surface area contributed by atoms with E-state index in [1.54, 1.807) is 13.8 Å². The van der Waals surface area contributed by atoms with Gasteiger partial charge in [-0.15, -0.1) is 0 Å². The summed E-state index contributed by atoms with van der Waals surface area (Å²) in [6, 6.07) is 7.68. The summed E-state index contributed by atoms with van der Waals surface area (Å²) in [4.78, 5) is 26.9. The van der Waals surface area contributed by atoms with Crippen LogP contribution in [0.4, 0.5) is 0 Å². The van der Waals surface area contributed by atoms with Crippen LogP contribution in [0.15, 0.2) is 28.7 Å². The predicted molar refractivity (Wildman–Crippen MR) is 88.8 cm³/mol. The first-order valence-electron chi connectivity index (χ1n) is 8.36. The zero-order chi connectivity index (χ0) is 17.1. The van der Waals surface area contributed by atoms with E-state index in [2.05, 4.69) is 0 Å². The SMILES string of the molecule is CCOC(=O)c1oc2ccccc2c1C[NH+]1CCN(C(C)=O)CC1. The van der Waals surface area contributed by atoms with Crippen molar-refractivity contribution in [1.29, 1.82) is 0 Å². The first kappa shape index (κ1) is 16.5. The summed E-state index contributed by atoms with van der Waals surface area (Å²) >= 11 is 0. The van der Waals surface area contributed by atoms with Gasteiger partial charge in [-0.25, -0.2) is 4.79 Å². The maximum Gasteiger partial charge on any atom is 0.374 e. The van der Waals surface area contributed by atoms with Crippen LogP contribution in [0.5, 0.6) is 0 Å². The number of nitrogens with zero attached hydrogens (tertiary/aromatic N) is 1. The molecule has 0 spiro atoms. The molecule has 1 saturated heterocycles. The van der Waals surface area contributed by atoms with Crippen LogP contribution in [0.1, 0.15) is 30.0 Å². The lowest BCUT2D eigenvalue weighted by Crippen LogP contribution is -3.13. The van der Waals surface area contributed by atoms with Crippen molar-refractivity contribution < 1.29 is 23.6 Å². The number of carbonyl (C=O) groups excluding carboxylic acids is 2. The van der Waals surface area contributed by atoms with Crippen molar-refractivity contribution in [2.45, 2.75) is 20.4 Å². The molecule has 24 heavy (non-hydrogen) atoms. The molecular weight excluding hydrogens is 308 g/mol. The number of amides is 1. The van der Waals surface area contributed by atoms with Crippen LogP contribution in [-0.2, 0) is 16.1 Å². The molecule has 0 bridgehead atoms. The molecule has 0 saturated carbocycles. The number of nitrogens with one attached hydrogen (secondary N) is 1. The normalized spacial score (nSPS) is 15.7. The molecular formula is C18H23N2O4+. The van der Waals surface area contributed by atoms with Crippen LogP contribution in [0.3, 0.4) is 0 Å². The van der Waals surface area contributed by atoms with Gasteiger partial charge < -0.3 is 19.0 Å². The summed E-state index contributed by atoms with van der Waals surface area (Å²) in [5.41, 5.74) is 1.60. The average molecular weight is 331 g/mol. The molecule has 0 unspecified atom stereocenters. The van der Waals surface area contributed by atoms with E-state index >= 15 is 0 Å². The summed E-state index contributed by atoms with van der Waals surface area (Å²) in [6.07, 6.45) is 0. The Balaban J connectivity index is 1.84. The van der Waals surface area contributed by atoms with Crippen molar-refractivity contribution in [2.24, 2.45) is 0 Å². The van der Waals surface area contributed by atoms with Gasteiger partial charge in [0.05, 0.1) is 38.3 Å². The fraction of sp³-hybridized carbons (Fsp3) is 0.444. The van der Waals surface area contributed by atoms with Gasteiger partial charge in [-0.3, -0.25) is 4.79 Å². The highest BCUT2D eigenvalue weighted by Gasteiger charge is 2.27. The molecule has 1 aromatic heterocycles. The third kappa shape index (κ3) is 3.28. The smallest absolute Gasteiger partial charge is 0.374 e. The second-order valence-corrected chi connectivity index (χ2v) is 6.06. The Morgan fingerprint density at radius 3 is 2.62 bits per heavy atom. The highest BCUT2D eigenvalue weighted by Crippen LogP contribution is 2.26. The second-order valence-electron chi connectivity index (χ2n) is 6.06. The average Bonchev–Trinajstić information content (AvgIpc) is 2.94. The van der Waals surface area contributed by atoms with E-state index in [0.29, 0.717) is 24.5 Å². The summed E-state index contributed by atoms with van der Waals surface area (Å²) in [5, 5.41) is 0.960. The van der Waals surface area contributed by atoms with Crippen molar-refractivity contribution in [3.8, 4) is 0 Å². The number of fused-ring (bicyclic) bond motifs is 1. The molecule has 0 atom stereocenters. The Morgan fingerprint density at radius 2 is 1.96 bits per heavy atom. The maximum absolute atomic E-state index is 12.2. The van der Waals surface area contributed by atoms with Crippen molar-refractivity contribution in [2.75, 3.05) is 32.8 Å². The minimum Gasteiger partial charge on any atom is -0.460 e. The van der Waals surface area contributed by atoms with Gasteiger partial charge in [0.1, 0.15) is 12.1 Å². The molecule has 1 amide bonds. The molecule has 6 nitrogen and oxygen atoms in total.